The number of hydrogen-bond acceptors (Lipinski definition) is 3. The molecule has 0 saturated heterocycles. The summed E-state index contributed by atoms with van der Waals surface area (Å²) in [6.07, 6.45) is 2.21. The summed E-state index contributed by atoms with van der Waals surface area (Å²) in [5.74, 6) is -0.812. The first-order chi connectivity index (χ1) is 9.03. The summed E-state index contributed by atoms with van der Waals surface area (Å²) in [6.45, 7) is 2.68. The van der Waals surface area contributed by atoms with Crippen LogP contribution in [0.4, 0.5) is 4.79 Å². The number of rotatable bonds is 5. The van der Waals surface area contributed by atoms with Gasteiger partial charge in [0.1, 0.15) is 0 Å². The van der Waals surface area contributed by atoms with Gasteiger partial charge in [0.15, 0.2) is 0 Å². The van der Waals surface area contributed by atoms with Crippen LogP contribution in [-0.4, -0.2) is 23.7 Å². The van der Waals surface area contributed by atoms with E-state index in [1.165, 1.54) is 0 Å². The van der Waals surface area contributed by atoms with Crippen molar-refractivity contribution in [3.8, 4) is 0 Å². The van der Waals surface area contributed by atoms with Gasteiger partial charge in [-0.1, -0.05) is 6.42 Å². The number of carbonyl (C=O) groups is 2. The summed E-state index contributed by atoms with van der Waals surface area (Å²) in [5, 5.41) is 18.6. The molecular formula is C13H18N2O3S. The highest BCUT2D eigenvalue weighted by Gasteiger charge is 2.44. The van der Waals surface area contributed by atoms with Crippen LogP contribution in [0.15, 0.2) is 10.8 Å². The third-order valence-corrected chi connectivity index (χ3v) is 4.66. The number of aliphatic carboxylic acids is 1. The predicted octanol–water partition coefficient (Wildman–Crippen LogP) is 2.11. The first-order valence-corrected chi connectivity index (χ1v) is 7.24. The van der Waals surface area contributed by atoms with E-state index in [0.29, 0.717) is 19.4 Å². The normalized spacial score (nSPS) is 16.5. The fourth-order valence-electron chi connectivity index (χ4n) is 2.13. The van der Waals surface area contributed by atoms with Crippen LogP contribution in [0, 0.1) is 12.3 Å². The van der Waals surface area contributed by atoms with Crippen molar-refractivity contribution < 1.29 is 14.7 Å². The first-order valence-electron chi connectivity index (χ1n) is 6.30. The van der Waals surface area contributed by atoms with Crippen LogP contribution in [0.2, 0.25) is 0 Å². The molecule has 19 heavy (non-hydrogen) atoms. The maximum absolute atomic E-state index is 11.6. The van der Waals surface area contributed by atoms with Gasteiger partial charge in [-0.15, -0.1) is 0 Å². The van der Waals surface area contributed by atoms with Crippen LogP contribution in [0.3, 0.4) is 0 Å². The van der Waals surface area contributed by atoms with E-state index >= 15 is 0 Å². The van der Waals surface area contributed by atoms with Crippen LogP contribution >= 0.6 is 11.3 Å². The van der Waals surface area contributed by atoms with Gasteiger partial charge in [-0.05, 0) is 41.7 Å². The minimum absolute atomic E-state index is 0.205. The Morgan fingerprint density at radius 3 is 2.58 bits per heavy atom. The average molecular weight is 282 g/mol. The zero-order valence-electron chi connectivity index (χ0n) is 10.9. The van der Waals surface area contributed by atoms with Crippen LogP contribution in [0.5, 0.6) is 0 Å². The molecule has 5 nitrogen and oxygen atoms in total. The molecule has 1 aliphatic rings. The summed E-state index contributed by atoms with van der Waals surface area (Å²) < 4.78 is 0. The number of carboxylic acid groups (broad SMARTS) is 1. The minimum atomic E-state index is -0.812. The molecule has 6 heteroatoms. The van der Waals surface area contributed by atoms with Crippen molar-refractivity contribution in [2.45, 2.75) is 32.7 Å². The van der Waals surface area contributed by atoms with Crippen LogP contribution in [-0.2, 0) is 11.3 Å². The number of aryl methyl sites for hydroxylation is 1. The monoisotopic (exact) mass is 282 g/mol. The molecule has 0 unspecified atom stereocenters. The fraction of sp³-hybridized carbons (Fsp3) is 0.538. The molecule has 1 saturated carbocycles. The third kappa shape index (κ3) is 3.07. The fourth-order valence-corrected chi connectivity index (χ4v) is 2.98. The number of urea groups is 1. The third-order valence-electron chi connectivity index (χ3n) is 3.75. The van der Waals surface area contributed by atoms with E-state index < -0.39 is 11.4 Å². The first kappa shape index (κ1) is 13.9. The zero-order valence-corrected chi connectivity index (χ0v) is 11.7. The van der Waals surface area contributed by atoms with Gasteiger partial charge in [0, 0.05) is 13.1 Å². The molecule has 2 amide bonds. The largest absolute Gasteiger partial charge is 0.481 e. The summed E-state index contributed by atoms with van der Waals surface area (Å²) in [7, 11) is 0. The maximum atomic E-state index is 11.6. The highest BCUT2D eigenvalue weighted by molar-refractivity contribution is 7.08. The molecule has 0 aliphatic heterocycles. The molecule has 1 aromatic heterocycles. The molecule has 3 N–H and O–H groups in total. The Morgan fingerprint density at radius 1 is 1.37 bits per heavy atom. The van der Waals surface area contributed by atoms with Gasteiger partial charge in [0.2, 0.25) is 0 Å². The number of carboxylic acids is 1. The van der Waals surface area contributed by atoms with E-state index in [1.807, 2.05) is 17.7 Å². The minimum Gasteiger partial charge on any atom is -0.481 e. The lowest BCUT2D eigenvalue weighted by atomic mass is 9.69. The molecule has 0 radical (unpaired) electrons. The SMILES string of the molecule is Cc1cscc1CNC(=O)NCC1(C(=O)O)CCC1. The maximum Gasteiger partial charge on any atom is 0.315 e. The van der Waals surface area contributed by atoms with Crippen molar-refractivity contribution >= 4 is 23.3 Å². The molecule has 1 aliphatic carbocycles. The smallest absolute Gasteiger partial charge is 0.315 e. The summed E-state index contributed by atoms with van der Waals surface area (Å²) >= 11 is 1.60. The zero-order chi connectivity index (χ0) is 13.9. The van der Waals surface area contributed by atoms with Crippen molar-refractivity contribution in [2.24, 2.45) is 5.41 Å². The van der Waals surface area contributed by atoms with Crippen molar-refractivity contribution in [3.05, 3.63) is 21.9 Å². The Balaban J connectivity index is 1.76. The van der Waals surface area contributed by atoms with Crippen LogP contribution in [0.25, 0.3) is 0 Å². The highest BCUT2D eigenvalue weighted by Crippen LogP contribution is 2.40. The average Bonchev–Trinajstić information content (AvgIpc) is 2.70. The summed E-state index contributed by atoms with van der Waals surface area (Å²) in [5.41, 5.74) is 1.51. The second kappa shape index (κ2) is 5.61. The standard InChI is InChI=1S/C13H18N2O3S/c1-9-6-19-7-10(9)5-14-12(18)15-8-13(11(16)17)3-2-4-13/h6-7H,2-5,8H2,1H3,(H,16,17)(H2,14,15,18). The van der Waals surface area contributed by atoms with Crippen molar-refractivity contribution in [1.29, 1.82) is 0 Å². The van der Waals surface area contributed by atoms with Gasteiger partial charge in [-0.3, -0.25) is 4.79 Å². The van der Waals surface area contributed by atoms with E-state index in [4.69, 9.17) is 5.11 Å². The molecule has 1 heterocycles. The van der Waals surface area contributed by atoms with Gasteiger partial charge in [-0.2, -0.15) is 11.3 Å². The van der Waals surface area contributed by atoms with E-state index in [2.05, 4.69) is 10.6 Å². The second-order valence-corrected chi connectivity index (χ2v) is 5.80. The molecule has 0 aromatic carbocycles. The van der Waals surface area contributed by atoms with E-state index in [9.17, 15) is 9.59 Å². The van der Waals surface area contributed by atoms with Gasteiger partial charge in [0.05, 0.1) is 5.41 Å². The number of hydrogen-bond donors (Lipinski definition) is 3. The molecule has 104 valence electrons. The molecular weight excluding hydrogens is 264 g/mol. The number of carbonyl (C=O) groups excluding carboxylic acids is 1. The van der Waals surface area contributed by atoms with Gasteiger partial charge < -0.3 is 15.7 Å². The topological polar surface area (TPSA) is 78.4 Å². The molecule has 0 atom stereocenters. The van der Waals surface area contributed by atoms with Crippen LogP contribution < -0.4 is 10.6 Å². The Hall–Kier alpha value is -1.56. The molecule has 2 rings (SSSR count). The lowest BCUT2D eigenvalue weighted by Gasteiger charge is -2.37. The molecule has 0 spiro atoms. The Labute approximate surface area is 116 Å². The predicted molar refractivity (Wildman–Crippen MR) is 73.2 cm³/mol. The second-order valence-electron chi connectivity index (χ2n) is 5.06. The number of thiophene rings is 1. The number of amides is 2. The van der Waals surface area contributed by atoms with E-state index in [0.717, 1.165) is 17.5 Å². The Kier molecular flexibility index (Phi) is 4.09. The summed E-state index contributed by atoms with van der Waals surface area (Å²) in [6, 6.07) is -0.307. The quantitative estimate of drug-likeness (QED) is 0.774. The van der Waals surface area contributed by atoms with E-state index in [1.54, 1.807) is 11.3 Å². The van der Waals surface area contributed by atoms with Gasteiger partial charge >= 0.3 is 12.0 Å². The molecule has 0 bridgehead atoms. The highest BCUT2D eigenvalue weighted by atomic mass is 32.1. The molecule has 1 fully saturated rings. The van der Waals surface area contributed by atoms with Gasteiger partial charge in [0.25, 0.3) is 0 Å². The van der Waals surface area contributed by atoms with Gasteiger partial charge in [-0.25, -0.2) is 4.79 Å². The Morgan fingerprint density at radius 2 is 2.11 bits per heavy atom. The van der Waals surface area contributed by atoms with Crippen molar-refractivity contribution in [2.75, 3.05) is 6.54 Å². The number of nitrogens with one attached hydrogen (secondary N) is 2. The molecule has 1 aromatic rings. The Bertz CT molecular complexity index is 480. The van der Waals surface area contributed by atoms with Crippen molar-refractivity contribution in [3.63, 3.8) is 0 Å². The van der Waals surface area contributed by atoms with Crippen molar-refractivity contribution in [1.82, 2.24) is 10.6 Å². The lowest BCUT2D eigenvalue weighted by molar-refractivity contribution is -0.153. The van der Waals surface area contributed by atoms with Crippen LogP contribution in [0.1, 0.15) is 30.4 Å². The summed E-state index contributed by atoms with van der Waals surface area (Å²) in [4.78, 5) is 22.8. The van der Waals surface area contributed by atoms with E-state index in [-0.39, 0.29) is 12.6 Å². The lowest BCUT2D eigenvalue weighted by Crippen LogP contribution is -2.49.